The Bertz CT molecular complexity index is 993. The second-order valence-corrected chi connectivity index (χ2v) is 6.80. The Morgan fingerprint density at radius 3 is 2.77 bits per heavy atom. The van der Waals surface area contributed by atoms with Gasteiger partial charge in [-0.1, -0.05) is 11.6 Å². The molecular formula is C18H15ClN2O4S. The first-order valence-electron chi connectivity index (χ1n) is 8.09. The van der Waals surface area contributed by atoms with Crippen LogP contribution in [0, 0.1) is 0 Å². The molecule has 1 N–H and O–H groups in total. The van der Waals surface area contributed by atoms with Gasteiger partial charge in [-0.25, -0.2) is 5.06 Å². The van der Waals surface area contributed by atoms with Crippen LogP contribution in [-0.2, 0) is 16.2 Å². The molecule has 0 amide bonds. The molecule has 1 aromatic carbocycles. The van der Waals surface area contributed by atoms with Crippen LogP contribution in [0.5, 0.6) is 0 Å². The molecule has 0 spiro atoms. The Labute approximate surface area is 159 Å². The maximum Gasteiger partial charge on any atom is 0.303 e. The molecule has 4 rings (SSSR count). The molecule has 0 saturated heterocycles. The number of nitrogens with zero attached hydrogens (tertiary/aromatic N) is 2. The van der Waals surface area contributed by atoms with Crippen LogP contribution in [0.25, 0.3) is 22.4 Å². The van der Waals surface area contributed by atoms with Gasteiger partial charge < -0.3 is 9.52 Å². The second kappa shape index (κ2) is 6.75. The molecule has 134 valence electrons. The lowest BCUT2D eigenvalue weighted by Crippen LogP contribution is -2.40. The van der Waals surface area contributed by atoms with E-state index in [0.29, 0.717) is 29.7 Å². The molecule has 1 aliphatic heterocycles. The average molecular weight is 391 g/mol. The zero-order valence-corrected chi connectivity index (χ0v) is 15.2. The molecule has 3 heterocycles. The number of carboxylic acids is 1. The van der Waals surface area contributed by atoms with Gasteiger partial charge in [0.15, 0.2) is 5.58 Å². The summed E-state index contributed by atoms with van der Waals surface area (Å²) in [5, 5.41) is 11.5. The summed E-state index contributed by atoms with van der Waals surface area (Å²) in [6, 6.07) is 11.3. The Hall–Kier alpha value is -2.35. The van der Waals surface area contributed by atoms with E-state index in [1.54, 1.807) is 5.06 Å². The highest BCUT2D eigenvalue weighted by atomic mass is 35.5. The highest BCUT2D eigenvalue weighted by Crippen LogP contribution is 2.33. The van der Waals surface area contributed by atoms with Gasteiger partial charge in [-0.3, -0.25) is 14.2 Å². The molecule has 1 aliphatic rings. The Morgan fingerprint density at radius 2 is 2.04 bits per heavy atom. The number of halogens is 1. The number of carbonyl (C=O) groups is 1. The zero-order valence-electron chi connectivity index (χ0n) is 13.6. The molecule has 0 atom stereocenters. The molecule has 2 aromatic heterocycles. The predicted molar refractivity (Wildman–Crippen MR) is 101 cm³/mol. The summed E-state index contributed by atoms with van der Waals surface area (Å²) in [4.78, 5) is 16.3. The number of carboxylic acid groups (broad SMARTS) is 1. The second-order valence-electron chi connectivity index (χ2n) is 5.99. The van der Waals surface area contributed by atoms with E-state index in [0.717, 1.165) is 28.1 Å². The van der Waals surface area contributed by atoms with E-state index in [1.807, 2.05) is 41.0 Å². The summed E-state index contributed by atoms with van der Waals surface area (Å²) in [7, 11) is 0. The lowest BCUT2D eigenvalue weighted by atomic mass is 10.2. The van der Waals surface area contributed by atoms with Crippen molar-refractivity contribution < 1.29 is 19.2 Å². The van der Waals surface area contributed by atoms with Crippen LogP contribution in [0.1, 0.15) is 18.5 Å². The van der Waals surface area contributed by atoms with E-state index in [2.05, 4.69) is 0 Å². The fraction of sp³-hybridized carbons (Fsp3) is 0.222. The molecule has 0 fully saturated rings. The molecule has 0 saturated carbocycles. The molecule has 0 bridgehead atoms. The highest BCUT2D eigenvalue weighted by molar-refractivity contribution is 7.80. The number of hydrogen-bond acceptors (Lipinski definition) is 4. The molecular weight excluding hydrogens is 376 g/mol. The Kier molecular flexibility index (Phi) is 4.44. The van der Waals surface area contributed by atoms with Gasteiger partial charge in [0.1, 0.15) is 12.4 Å². The molecule has 26 heavy (non-hydrogen) atoms. The first kappa shape index (κ1) is 17.1. The maximum atomic E-state index is 10.7. The van der Waals surface area contributed by atoms with Gasteiger partial charge in [-0.2, -0.15) is 0 Å². The van der Waals surface area contributed by atoms with Crippen LogP contribution < -0.4 is 0 Å². The van der Waals surface area contributed by atoms with Crippen molar-refractivity contribution in [2.75, 3.05) is 6.54 Å². The van der Waals surface area contributed by atoms with Crippen molar-refractivity contribution in [3.8, 4) is 11.3 Å². The minimum atomic E-state index is -0.834. The van der Waals surface area contributed by atoms with Crippen molar-refractivity contribution in [3.05, 3.63) is 47.1 Å². The van der Waals surface area contributed by atoms with Crippen molar-refractivity contribution in [1.82, 2.24) is 9.63 Å². The number of aromatic nitrogens is 1. The third-order valence-electron chi connectivity index (χ3n) is 4.22. The fourth-order valence-corrected chi connectivity index (χ4v) is 3.46. The maximum absolute atomic E-state index is 10.7. The molecule has 0 radical (unpaired) electrons. The summed E-state index contributed by atoms with van der Waals surface area (Å²) in [5.74, 6) is -0.104. The first-order chi connectivity index (χ1) is 12.5. The summed E-state index contributed by atoms with van der Waals surface area (Å²) >= 11 is 11.5. The van der Waals surface area contributed by atoms with Gasteiger partial charge in [0.2, 0.25) is 5.11 Å². The SMILES string of the molecule is O=C(O)CCCN1OCc2cc3oc(-c4ccc(Cl)cc4)cc3n2C1=S. The van der Waals surface area contributed by atoms with Crippen LogP contribution >= 0.6 is 23.8 Å². The number of hydrogen-bond donors (Lipinski definition) is 1. The number of hydroxylamine groups is 2. The monoisotopic (exact) mass is 390 g/mol. The third-order valence-corrected chi connectivity index (χ3v) is 4.86. The fourth-order valence-electron chi connectivity index (χ4n) is 2.98. The lowest BCUT2D eigenvalue weighted by Gasteiger charge is -2.30. The van der Waals surface area contributed by atoms with E-state index in [4.69, 9.17) is 38.2 Å². The minimum Gasteiger partial charge on any atom is -0.481 e. The van der Waals surface area contributed by atoms with Gasteiger partial charge in [0.25, 0.3) is 0 Å². The zero-order chi connectivity index (χ0) is 18.3. The van der Waals surface area contributed by atoms with Crippen LogP contribution in [0.2, 0.25) is 5.02 Å². The van der Waals surface area contributed by atoms with Gasteiger partial charge >= 0.3 is 5.97 Å². The van der Waals surface area contributed by atoms with E-state index in [9.17, 15) is 4.79 Å². The largest absolute Gasteiger partial charge is 0.481 e. The van der Waals surface area contributed by atoms with Crippen LogP contribution in [0.4, 0.5) is 0 Å². The van der Waals surface area contributed by atoms with Gasteiger partial charge in [-0.15, -0.1) is 0 Å². The molecule has 6 nitrogen and oxygen atoms in total. The van der Waals surface area contributed by atoms with Crippen molar-refractivity contribution in [2.45, 2.75) is 19.4 Å². The van der Waals surface area contributed by atoms with E-state index < -0.39 is 5.97 Å². The van der Waals surface area contributed by atoms with Crippen molar-refractivity contribution in [2.24, 2.45) is 0 Å². The number of thiocarbonyl (C=S) groups is 1. The van der Waals surface area contributed by atoms with Crippen LogP contribution in [-0.4, -0.2) is 32.4 Å². The predicted octanol–water partition coefficient (Wildman–Crippen LogP) is 4.30. The van der Waals surface area contributed by atoms with Crippen molar-refractivity contribution >= 4 is 46.0 Å². The smallest absolute Gasteiger partial charge is 0.303 e. The normalized spacial score (nSPS) is 14.0. The van der Waals surface area contributed by atoms with Gasteiger partial charge in [-0.05, 0) is 42.9 Å². The first-order valence-corrected chi connectivity index (χ1v) is 8.88. The summed E-state index contributed by atoms with van der Waals surface area (Å²) in [5.41, 5.74) is 3.42. The quantitative estimate of drug-likeness (QED) is 0.655. The number of aliphatic carboxylic acids is 1. The lowest BCUT2D eigenvalue weighted by molar-refractivity contribution is -0.139. The summed E-state index contributed by atoms with van der Waals surface area (Å²) in [6.07, 6.45) is 0.527. The minimum absolute atomic E-state index is 0.0723. The van der Waals surface area contributed by atoms with Crippen LogP contribution in [0.3, 0.4) is 0 Å². The average Bonchev–Trinajstić information content (AvgIpc) is 3.15. The molecule has 8 heteroatoms. The topological polar surface area (TPSA) is 67.8 Å². The van der Waals surface area contributed by atoms with Gasteiger partial charge in [0, 0.05) is 35.7 Å². The van der Waals surface area contributed by atoms with E-state index in [-0.39, 0.29) is 6.42 Å². The summed E-state index contributed by atoms with van der Waals surface area (Å²) in [6.45, 7) is 0.778. The van der Waals surface area contributed by atoms with Crippen molar-refractivity contribution in [1.29, 1.82) is 0 Å². The summed E-state index contributed by atoms with van der Waals surface area (Å²) < 4.78 is 7.88. The Balaban J connectivity index is 1.63. The number of furan rings is 1. The van der Waals surface area contributed by atoms with Crippen molar-refractivity contribution in [3.63, 3.8) is 0 Å². The highest BCUT2D eigenvalue weighted by Gasteiger charge is 2.26. The van der Waals surface area contributed by atoms with E-state index >= 15 is 0 Å². The number of fused-ring (bicyclic) bond motifs is 3. The standard InChI is InChI=1S/C18H15ClN2O4S/c19-12-5-3-11(4-6-12)15-9-14-16(25-15)8-13-10-24-20(18(26)21(13)14)7-1-2-17(22)23/h3-6,8-9H,1-2,7,10H2,(H,22,23). The Morgan fingerprint density at radius 1 is 1.27 bits per heavy atom. The number of benzene rings is 1. The third kappa shape index (κ3) is 3.09. The molecule has 3 aromatic rings. The van der Waals surface area contributed by atoms with Gasteiger partial charge in [0.05, 0.1) is 11.2 Å². The molecule has 0 unspecified atom stereocenters. The van der Waals surface area contributed by atoms with E-state index in [1.165, 1.54) is 0 Å². The van der Waals surface area contributed by atoms with Crippen LogP contribution in [0.15, 0.2) is 40.8 Å². The number of rotatable bonds is 5. The molecule has 0 aliphatic carbocycles.